The van der Waals surface area contributed by atoms with Crippen LogP contribution in [0.3, 0.4) is 0 Å². The number of hydrogen-bond donors (Lipinski definition) is 1. The first kappa shape index (κ1) is 10.4. The van der Waals surface area contributed by atoms with Crippen molar-refractivity contribution in [1.29, 1.82) is 0 Å². The van der Waals surface area contributed by atoms with Gasteiger partial charge in [0.2, 0.25) is 0 Å². The average Bonchev–Trinajstić information content (AvgIpc) is 2.87. The summed E-state index contributed by atoms with van der Waals surface area (Å²) in [6.07, 6.45) is 5.55. The van der Waals surface area contributed by atoms with Gasteiger partial charge in [-0.3, -0.25) is 0 Å². The van der Waals surface area contributed by atoms with E-state index in [2.05, 4.69) is 24.1 Å². The maximum Gasteiger partial charge on any atom is 0.00791 e. The van der Waals surface area contributed by atoms with Crippen LogP contribution in [0.5, 0.6) is 0 Å². The lowest BCUT2D eigenvalue weighted by Crippen LogP contribution is -2.33. The molecule has 2 nitrogen and oxygen atoms in total. The van der Waals surface area contributed by atoms with Crippen molar-refractivity contribution in [3.05, 3.63) is 0 Å². The summed E-state index contributed by atoms with van der Waals surface area (Å²) in [5, 5.41) is 3.60. The molecule has 1 saturated heterocycles. The molecule has 1 N–H and O–H groups in total. The smallest absolute Gasteiger partial charge is 0.00791 e. The summed E-state index contributed by atoms with van der Waals surface area (Å²) >= 11 is 0. The maximum absolute atomic E-state index is 3.60. The van der Waals surface area contributed by atoms with Crippen LogP contribution < -0.4 is 5.32 Å². The van der Waals surface area contributed by atoms with E-state index in [9.17, 15) is 0 Å². The highest BCUT2D eigenvalue weighted by Crippen LogP contribution is 2.20. The Labute approximate surface area is 88.1 Å². The minimum absolute atomic E-state index is 0.784. The number of nitrogens with one attached hydrogen (secondary N) is 1. The number of likely N-dealkylation sites (tertiary alicyclic amines) is 1. The predicted molar refractivity (Wildman–Crippen MR) is 60.5 cm³/mol. The molecular weight excluding hydrogens is 172 g/mol. The maximum atomic E-state index is 3.60. The van der Waals surface area contributed by atoms with Crippen molar-refractivity contribution in [2.45, 2.75) is 51.6 Å². The van der Waals surface area contributed by atoms with Gasteiger partial charge >= 0.3 is 0 Å². The first-order chi connectivity index (χ1) is 6.75. The summed E-state index contributed by atoms with van der Waals surface area (Å²) in [6.45, 7) is 8.62. The molecule has 1 heterocycles. The number of hydrogen-bond acceptors (Lipinski definition) is 2. The Morgan fingerprint density at radius 3 is 2.71 bits per heavy atom. The Morgan fingerprint density at radius 1 is 1.36 bits per heavy atom. The lowest BCUT2D eigenvalue weighted by molar-refractivity contribution is 0.238. The van der Waals surface area contributed by atoms with Gasteiger partial charge in [0.15, 0.2) is 0 Å². The molecule has 0 aromatic carbocycles. The Bertz CT molecular complexity index is 177. The molecule has 82 valence electrons. The summed E-state index contributed by atoms with van der Waals surface area (Å²) in [7, 11) is 0. The Kier molecular flexibility index (Phi) is 3.45. The van der Waals surface area contributed by atoms with Gasteiger partial charge in [-0.05, 0) is 51.6 Å². The fraction of sp³-hybridized carbons (Fsp3) is 1.00. The van der Waals surface area contributed by atoms with E-state index in [0.717, 1.165) is 18.0 Å². The lowest BCUT2D eigenvalue weighted by atomic mass is 10.2. The summed E-state index contributed by atoms with van der Waals surface area (Å²) in [5.41, 5.74) is 0. The molecule has 2 fully saturated rings. The minimum atomic E-state index is 0.784. The fourth-order valence-corrected chi connectivity index (χ4v) is 2.34. The highest BCUT2D eigenvalue weighted by Gasteiger charge is 2.24. The van der Waals surface area contributed by atoms with E-state index in [-0.39, 0.29) is 0 Å². The molecule has 2 unspecified atom stereocenters. The normalized spacial score (nSPS) is 30.9. The zero-order chi connectivity index (χ0) is 9.97. The van der Waals surface area contributed by atoms with Gasteiger partial charge in [0, 0.05) is 18.6 Å². The van der Waals surface area contributed by atoms with Crippen LogP contribution >= 0.6 is 0 Å². The molecule has 0 aromatic heterocycles. The van der Waals surface area contributed by atoms with Crippen LogP contribution in [0.4, 0.5) is 0 Å². The lowest BCUT2D eigenvalue weighted by Gasteiger charge is -2.24. The van der Waals surface area contributed by atoms with Gasteiger partial charge in [0.1, 0.15) is 0 Å². The Morgan fingerprint density at radius 2 is 2.14 bits per heavy atom. The standard InChI is InChI=1S/C12H24N2/c1-10-6-8-14(9-10)11(2)5-7-13-12-3-4-12/h10-13H,3-9H2,1-2H3. The van der Waals surface area contributed by atoms with Crippen molar-refractivity contribution in [3.63, 3.8) is 0 Å². The highest BCUT2D eigenvalue weighted by molar-refractivity contribution is 4.82. The van der Waals surface area contributed by atoms with Gasteiger partial charge in [0.25, 0.3) is 0 Å². The van der Waals surface area contributed by atoms with Crippen LogP contribution in [0.1, 0.15) is 39.5 Å². The molecule has 2 aliphatic rings. The Hall–Kier alpha value is -0.0800. The van der Waals surface area contributed by atoms with Gasteiger partial charge in [-0.15, -0.1) is 0 Å². The van der Waals surface area contributed by atoms with Crippen molar-refractivity contribution in [2.24, 2.45) is 5.92 Å². The first-order valence-corrected chi connectivity index (χ1v) is 6.23. The largest absolute Gasteiger partial charge is 0.314 e. The SMILES string of the molecule is CC1CCN(C(C)CCNC2CC2)C1. The molecule has 0 aromatic rings. The van der Waals surface area contributed by atoms with Crippen LogP contribution in [-0.4, -0.2) is 36.6 Å². The van der Waals surface area contributed by atoms with Crippen molar-refractivity contribution in [3.8, 4) is 0 Å². The quantitative estimate of drug-likeness (QED) is 0.722. The topological polar surface area (TPSA) is 15.3 Å². The summed E-state index contributed by atoms with van der Waals surface area (Å²) in [5.74, 6) is 0.925. The van der Waals surface area contributed by atoms with Gasteiger partial charge in [-0.2, -0.15) is 0 Å². The molecule has 2 atom stereocenters. The molecule has 14 heavy (non-hydrogen) atoms. The molecule has 0 bridgehead atoms. The first-order valence-electron chi connectivity index (χ1n) is 6.23. The monoisotopic (exact) mass is 196 g/mol. The zero-order valence-electron chi connectivity index (χ0n) is 9.63. The van der Waals surface area contributed by atoms with Crippen LogP contribution in [0.15, 0.2) is 0 Å². The van der Waals surface area contributed by atoms with Crippen LogP contribution in [0.25, 0.3) is 0 Å². The third-order valence-corrected chi connectivity index (χ3v) is 3.65. The van der Waals surface area contributed by atoms with Crippen LogP contribution in [0, 0.1) is 5.92 Å². The van der Waals surface area contributed by atoms with Crippen LogP contribution in [-0.2, 0) is 0 Å². The second-order valence-electron chi connectivity index (χ2n) is 5.25. The molecule has 2 rings (SSSR count). The number of nitrogens with zero attached hydrogens (tertiary/aromatic N) is 1. The van der Waals surface area contributed by atoms with E-state index >= 15 is 0 Å². The third kappa shape index (κ3) is 2.96. The predicted octanol–water partition coefficient (Wildman–Crippen LogP) is 1.86. The number of rotatable bonds is 5. The van der Waals surface area contributed by atoms with Gasteiger partial charge in [-0.25, -0.2) is 0 Å². The molecule has 0 radical (unpaired) electrons. The molecule has 0 spiro atoms. The summed E-state index contributed by atoms with van der Waals surface area (Å²) in [4.78, 5) is 2.65. The van der Waals surface area contributed by atoms with Gasteiger partial charge in [0.05, 0.1) is 0 Å². The molecule has 2 heteroatoms. The molecule has 1 aliphatic heterocycles. The third-order valence-electron chi connectivity index (χ3n) is 3.65. The van der Waals surface area contributed by atoms with E-state index < -0.39 is 0 Å². The summed E-state index contributed by atoms with van der Waals surface area (Å²) < 4.78 is 0. The average molecular weight is 196 g/mol. The van der Waals surface area contributed by atoms with Crippen molar-refractivity contribution < 1.29 is 0 Å². The van der Waals surface area contributed by atoms with Gasteiger partial charge in [-0.1, -0.05) is 6.92 Å². The van der Waals surface area contributed by atoms with Crippen molar-refractivity contribution in [1.82, 2.24) is 10.2 Å². The molecule has 0 amide bonds. The van der Waals surface area contributed by atoms with Crippen molar-refractivity contribution >= 4 is 0 Å². The molecular formula is C12H24N2. The van der Waals surface area contributed by atoms with E-state index in [1.165, 1.54) is 45.3 Å². The van der Waals surface area contributed by atoms with E-state index in [0.29, 0.717) is 0 Å². The minimum Gasteiger partial charge on any atom is -0.314 e. The molecule has 1 aliphatic carbocycles. The van der Waals surface area contributed by atoms with E-state index in [1.807, 2.05) is 0 Å². The second kappa shape index (κ2) is 4.63. The van der Waals surface area contributed by atoms with E-state index in [1.54, 1.807) is 0 Å². The van der Waals surface area contributed by atoms with E-state index in [4.69, 9.17) is 0 Å². The van der Waals surface area contributed by atoms with Crippen molar-refractivity contribution in [2.75, 3.05) is 19.6 Å². The summed E-state index contributed by atoms with van der Waals surface area (Å²) in [6, 6.07) is 1.66. The highest BCUT2D eigenvalue weighted by atomic mass is 15.2. The molecule has 1 saturated carbocycles. The Balaban J connectivity index is 1.59. The second-order valence-corrected chi connectivity index (χ2v) is 5.25. The fourth-order valence-electron chi connectivity index (χ4n) is 2.34. The van der Waals surface area contributed by atoms with Gasteiger partial charge < -0.3 is 10.2 Å². The van der Waals surface area contributed by atoms with Crippen LogP contribution in [0.2, 0.25) is 0 Å². The zero-order valence-corrected chi connectivity index (χ0v) is 9.63.